The van der Waals surface area contributed by atoms with E-state index in [-0.39, 0.29) is 5.78 Å². The summed E-state index contributed by atoms with van der Waals surface area (Å²) in [7, 11) is 0. The summed E-state index contributed by atoms with van der Waals surface area (Å²) in [5.41, 5.74) is 3.17. The largest absolute Gasteiger partial charge is 0.294 e. The number of ketones is 1. The first-order valence-electron chi connectivity index (χ1n) is 3.80. The molecular weight excluding hydrogens is 263 g/mol. The van der Waals surface area contributed by atoms with Gasteiger partial charge in [0.15, 0.2) is 5.78 Å². The van der Waals surface area contributed by atoms with Crippen molar-refractivity contribution >= 4 is 28.4 Å². The molecule has 2 heteroatoms. The van der Waals surface area contributed by atoms with Crippen LogP contribution in [0.5, 0.6) is 0 Å². The van der Waals surface area contributed by atoms with Crippen molar-refractivity contribution in [3.05, 3.63) is 32.4 Å². The molecule has 0 spiro atoms. The molecule has 1 aromatic rings. The van der Waals surface area contributed by atoms with Crippen LogP contribution in [0.15, 0.2) is 12.1 Å². The molecule has 0 bridgehead atoms. The van der Waals surface area contributed by atoms with Gasteiger partial charge in [-0.2, -0.15) is 0 Å². The highest BCUT2D eigenvalue weighted by atomic mass is 127. The third kappa shape index (κ3) is 1.86. The normalized spacial score (nSPS) is 10.0. The number of rotatable bonds is 1. The molecule has 0 amide bonds. The van der Waals surface area contributed by atoms with Gasteiger partial charge < -0.3 is 0 Å². The van der Waals surface area contributed by atoms with Gasteiger partial charge in [0.1, 0.15) is 0 Å². The Hall–Kier alpha value is -0.380. The SMILES string of the molecule is CC(=O)c1cc(C)cc(C)c1I. The van der Waals surface area contributed by atoms with Crippen LogP contribution in [-0.4, -0.2) is 5.78 Å². The Morgan fingerprint density at radius 2 is 1.92 bits per heavy atom. The predicted octanol–water partition coefficient (Wildman–Crippen LogP) is 3.11. The van der Waals surface area contributed by atoms with E-state index in [0.717, 1.165) is 14.7 Å². The maximum absolute atomic E-state index is 11.2. The molecule has 0 heterocycles. The molecule has 0 radical (unpaired) electrons. The second-order valence-corrected chi connectivity index (χ2v) is 4.08. The Morgan fingerprint density at radius 3 is 2.42 bits per heavy atom. The predicted molar refractivity (Wildman–Crippen MR) is 58.6 cm³/mol. The molecule has 0 fully saturated rings. The minimum atomic E-state index is 0.145. The summed E-state index contributed by atoms with van der Waals surface area (Å²) in [6, 6.07) is 4.03. The van der Waals surface area contributed by atoms with Gasteiger partial charge in [0, 0.05) is 9.13 Å². The highest BCUT2D eigenvalue weighted by Gasteiger charge is 2.07. The first kappa shape index (κ1) is 9.71. The van der Waals surface area contributed by atoms with E-state index in [2.05, 4.69) is 28.7 Å². The topological polar surface area (TPSA) is 17.1 Å². The Bertz CT molecular complexity index is 329. The van der Waals surface area contributed by atoms with Crippen LogP contribution >= 0.6 is 22.6 Å². The zero-order valence-corrected chi connectivity index (χ0v) is 9.60. The van der Waals surface area contributed by atoms with E-state index < -0.39 is 0 Å². The fourth-order valence-corrected chi connectivity index (χ4v) is 1.90. The molecule has 0 unspecified atom stereocenters. The quantitative estimate of drug-likeness (QED) is 0.568. The number of hydrogen-bond acceptors (Lipinski definition) is 1. The lowest BCUT2D eigenvalue weighted by atomic mass is 10.1. The average molecular weight is 274 g/mol. The molecule has 0 aromatic heterocycles. The van der Waals surface area contributed by atoms with E-state index in [1.807, 2.05) is 19.9 Å². The zero-order valence-electron chi connectivity index (χ0n) is 7.44. The van der Waals surface area contributed by atoms with Gasteiger partial charge in [-0.3, -0.25) is 4.79 Å². The van der Waals surface area contributed by atoms with E-state index >= 15 is 0 Å². The van der Waals surface area contributed by atoms with Gasteiger partial charge in [0.2, 0.25) is 0 Å². The third-order valence-corrected chi connectivity index (χ3v) is 3.21. The smallest absolute Gasteiger partial charge is 0.160 e. The number of halogens is 1. The molecule has 64 valence electrons. The molecule has 1 rings (SSSR count). The number of hydrogen-bond donors (Lipinski definition) is 0. The average Bonchev–Trinajstić information content (AvgIpc) is 1.96. The highest BCUT2D eigenvalue weighted by molar-refractivity contribution is 14.1. The van der Waals surface area contributed by atoms with Crippen LogP contribution in [0.25, 0.3) is 0 Å². The summed E-state index contributed by atoms with van der Waals surface area (Å²) in [6.07, 6.45) is 0. The Kier molecular flexibility index (Phi) is 2.88. The molecular formula is C10H11IO. The van der Waals surface area contributed by atoms with Gasteiger partial charge in [-0.05, 0) is 55.0 Å². The highest BCUT2D eigenvalue weighted by Crippen LogP contribution is 2.19. The van der Waals surface area contributed by atoms with Gasteiger partial charge in [0.25, 0.3) is 0 Å². The summed E-state index contributed by atoms with van der Waals surface area (Å²) >= 11 is 2.22. The van der Waals surface area contributed by atoms with Crippen LogP contribution in [0.3, 0.4) is 0 Å². The van der Waals surface area contributed by atoms with E-state index in [1.165, 1.54) is 5.56 Å². The minimum Gasteiger partial charge on any atom is -0.294 e. The van der Waals surface area contributed by atoms with Crippen molar-refractivity contribution in [1.29, 1.82) is 0 Å². The lowest BCUT2D eigenvalue weighted by Gasteiger charge is -2.05. The molecule has 0 aliphatic carbocycles. The molecule has 0 aliphatic heterocycles. The molecule has 1 nitrogen and oxygen atoms in total. The Balaban J connectivity index is 3.37. The number of carbonyl (C=O) groups excluding carboxylic acids is 1. The molecule has 0 saturated heterocycles. The van der Waals surface area contributed by atoms with Crippen LogP contribution in [-0.2, 0) is 0 Å². The standard InChI is InChI=1S/C10H11IO/c1-6-4-7(2)10(11)9(5-6)8(3)12/h4-5H,1-3H3. The van der Waals surface area contributed by atoms with Crippen LogP contribution in [0.4, 0.5) is 0 Å². The third-order valence-electron chi connectivity index (χ3n) is 1.78. The Labute approximate surface area is 86.3 Å². The monoisotopic (exact) mass is 274 g/mol. The molecule has 0 atom stereocenters. The maximum atomic E-state index is 11.2. The van der Waals surface area contributed by atoms with Crippen LogP contribution in [0.1, 0.15) is 28.4 Å². The fourth-order valence-electron chi connectivity index (χ4n) is 1.21. The van der Waals surface area contributed by atoms with Crippen molar-refractivity contribution in [2.24, 2.45) is 0 Å². The van der Waals surface area contributed by atoms with Crippen molar-refractivity contribution in [3.63, 3.8) is 0 Å². The van der Waals surface area contributed by atoms with Crippen LogP contribution in [0.2, 0.25) is 0 Å². The minimum absolute atomic E-state index is 0.145. The van der Waals surface area contributed by atoms with E-state index in [4.69, 9.17) is 0 Å². The van der Waals surface area contributed by atoms with Gasteiger partial charge in [-0.1, -0.05) is 11.6 Å². The zero-order chi connectivity index (χ0) is 9.30. The number of Topliss-reactive ketones (excluding diaryl/α,β-unsaturated/α-hetero) is 1. The molecule has 1 aromatic carbocycles. The van der Waals surface area contributed by atoms with Gasteiger partial charge in [-0.25, -0.2) is 0 Å². The van der Waals surface area contributed by atoms with Crippen LogP contribution < -0.4 is 0 Å². The van der Waals surface area contributed by atoms with E-state index in [0.29, 0.717) is 0 Å². The second-order valence-electron chi connectivity index (χ2n) is 3.00. The Morgan fingerprint density at radius 1 is 1.33 bits per heavy atom. The first-order valence-corrected chi connectivity index (χ1v) is 4.88. The maximum Gasteiger partial charge on any atom is 0.160 e. The van der Waals surface area contributed by atoms with Crippen molar-refractivity contribution in [1.82, 2.24) is 0 Å². The van der Waals surface area contributed by atoms with Crippen LogP contribution in [0, 0.1) is 17.4 Å². The van der Waals surface area contributed by atoms with Crippen molar-refractivity contribution < 1.29 is 4.79 Å². The summed E-state index contributed by atoms with van der Waals surface area (Å²) in [5, 5.41) is 0. The lowest BCUT2D eigenvalue weighted by molar-refractivity contribution is 0.101. The molecule has 12 heavy (non-hydrogen) atoms. The molecule has 0 saturated carbocycles. The second kappa shape index (κ2) is 3.56. The lowest BCUT2D eigenvalue weighted by Crippen LogP contribution is -1.98. The first-order chi connectivity index (χ1) is 5.52. The van der Waals surface area contributed by atoms with Crippen molar-refractivity contribution in [2.45, 2.75) is 20.8 Å². The fraction of sp³-hybridized carbons (Fsp3) is 0.300. The van der Waals surface area contributed by atoms with E-state index in [1.54, 1.807) is 6.92 Å². The van der Waals surface area contributed by atoms with Gasteiger partial charge in [0.05, 0.1) is 0 Å². The number of aryl methyl sites for hydroxylation is 2. The van der Waals surface area contributed by atoms with Crippen molar-refractivity contribution in [2.75, 3.05) is 0 Å². The summed E-state index contributed by atoms with van der Waals surface area (Å²) in [5.74, 6) is 0.145. The van der Waals surface area contributed by atoms with E-state index in [9.17, 15) is 4.79 Å². The number of benzene rings is 1. The van der Waals surface area contributed by atoms with Crippen molar-refractivity contribution in [3.8, 4) is 0 Å². The van der Waals surface area contributed by atoms with Gasteiger partial charge >= 0.3 is 0 Å². The molecule has 0 aliphatic rings. The summed E-state index contributed by atoms with van der Waals surface area (Å²) in [6.45, 7) is 5.65. The molecule has 0 N–H and O–H groups in total. The number of carbonyl (C=O) groups is 1. The summed E-state index contributed by atoms with van der Waals surface area (Å²) in [4.78, 5) is 11.2. The summed E-state index contributed by atoms with van der Waals surface area (Å²) < 4.78 is 1.07. The van der Waals surface area contributed by atoms with Gasteiger partial charge in [-0.15, -0.1) is 0 Å².